The van der Waals surface area contributed by atoms with Crippen molar-refractivity contribution in [1.82, 2.24) is 15.1 Å². The van der Waals surface area contributed by atoms with Gasteiger partial charge in [0.05, 0.1) is 6.67 Å². The molecule has 1 aromatic rings. The predicted molar refractivity (Wildman–Crippen MR) is 121 cm³/mol. The normalized spacial score (nSPS) is 31.1. The third-order valence-corrected chi connectivity index (χ3v) is 8.71. The molecule has 1 aromatic carbocycles. The van der Waals surface area contributed by atoms with Crippen LogP contribution in [-0.4, -0.2) is 53.6 Å². The van der Waals surface area contributed by atoms with E-state index in [9.17, 15) is 4.79 Å². The van der Waals surface area contributed by atoms with E-state index in [1.807, 2.05) is 0 Å². The van der Waals surface area contributed by atoms with Crippen molar-refractivity contribution in [2.75, 3.05) is 26.3 Å². The number of rotatable bonds is 4. The maximum Gasteiger partial charge on any atom is 0.241 e. The van der Waals surface area contributed by atoms with Gasteiger partial charge in [-0.25, -0.2) is 0 Å². The van der Waals surface area contributed by atoms with E-state index < -0.39 is 0 Å². The van der Waals surface area contributed by atoms with Crippen LogP contribution >= 0.6 is 0 Å². The van der Waals surface area contributed by atoms with Crippen molar-refractivity contribution >= 4 is 5.91 Å². The first-order chi connectivity index (χ1) is 14.8. The smallest absolute Gasteiger partial charge is 0.241 e. The van der Waals surface area contributed by atoms with E-state index >= 15 is 0 Å². The van der Waals surface area contributed by atoms with Gasteiger partial charge in [0.25, 0.3) is 0 Å². The largest absolute Gasteiger partial charge is 0.342 e. The zero-order valence-corrected chi connectivity index (χ0v) is 18.5. The molecule has 4 aliphatic rings. The second-order valence-electron chi connectivity index (χ2n) is 10.3. The molecule has 0 unspecified atom stereocenters. The predicted octanol–water partition coefficient (Wildman–Crippen LogP) is 4.52. The summed E-state index contributed by atoms with van der Waals surface area (Å²) in [5.74, 6) is 1.76. The van der Waals surface area contributed by atoms with E-state index in [2.05, 4.69) is 45.4 Å². The molecule has 2 saturated heterocycles. The highest BCUT2D eigenvalue weighted by Crippen LogP contribution is 2.40. The Kier molecular flexibility index (Phi) is 6.15. The van der Waals surface area contributed by atoms with Gasteiger partial charge in [0.1, 0.15) is 5.54 Å². The highest BCUT2D eigenvalue weighted by Gasteiger charge is 2.51. The van der Waals surface area contributed by atoms with Crippen LogP contribution in [0.25, 0.3) is 0 Å². The third-order valence-electron chi connectivity index (χ3n) is 8.71. The van der Waals surface area contributed by atoms with Crippen molar-refractivity contribution in [2.24, 2.45) is 5.92 Å². The molecule has 0 bridgehead atoms. The van der Waals surface area contributed by atoms with Crippen molar-refractivity contribution in [3.05, 3.63) is 35.9 Å². The number of benzene rings is 1. The Bertz CT molecular complexity index is 706. The van der Waals surface area contributed by atoms with Gasteiger partial charge < -0.3 is 5.32 Å². The van der Waals surface area contributed by atoms with Gasteiger partial charge in [0.2, 0.25) is 5.91 Å². The molecule has 30 heavy (non-hydrogen) atoms. The molecule has 2 atom stereocenters. The first-order valence-electron chi connectivity index (χ1n) is 12.6. The lowest BCUT2D eigenvalue weighted by atomic mass is 9.77. The monoisotopic (exact) mass is 409 g/mol. The van der Waals surface area contributed by atoms with Gasteiger partial charge in [0, 0.05) is 25.7 Å². The van der Waals surface area contributed by atoms with E-state index in [4.69, 9.17) is 0 Å². The Morgan fingerprint density at radius 3 is 2.37 bits per heavy atom. The molecule has 4 heteroatoms. The number of hydrogen-bond acceptors (Lipinski definition) is 3. The van der Waals surface area contributed by atoms with Crippen molar-refractivity contribution in [1.29, 1.82) is 0 Å². The number of carbonyl (C=O) groups is 1. The lowest BCUT2D eigenvalue weighted by Crippen LogP contribution is -2.59. The Morgan fingerprint density at radius 1 is 0.900 bits per heavy atom. The quantitative estimate of drug-likeness (QED) is 0.794. The summed E-state index contributed by atoms with van der Waals surface area (Å²) in [6.07, 6.45) is 14.2. The summed E-state index contributed by atoms with van der Waals surface area (Å²) < 4.78 is 0. The minimum Gasteiger partial charge on any atom is -0.342 e. The SMILES string of the molecule is O=C1NCN(CC2CCCCC2)C12CCN([C@@H]1CCCC[C@@H]1c1ccccc1)CC2. The number of piperidine rings is 1. The lowest BCUT2D eigenvalue weighted by Gasteiger charge is -2.48. The molecule has 2 aliphatic carbocycles. The van der Waals surface area contributed by atoms with E-state index in [0.717, 1.165) is 45.1 Å². The molecular weight excluding hydrogens is 370 g/mol. The molecule has 0 radical (unpaired) electrons. The summed E-state index contributed by atoms with van der Waals surface area (Å²) in [6, 6.07) is 11.8. The van der Waals surface area contributed by atoms with Gasteiger partial charge >= 0.3 is 0 Å². The zero-order chi connectivity index (χ0) is 20.4. The van der Waals surface area contributed by atoms with Gasteiger partial charge in [-0.1, -0.05) is 62.4 Å². The summed E-state index contributed by atoms with van der Waals surface area (Å²) in [5.41, 5.74) is 1.28. The average Bonchev–Trinajstić information content (AvgIpc) is 3.10. The molecule has 1 N–H and O–H groups in total. The molecule has 2 heterocycles. The zero-order valence-electron chi connectivity index (χ0n) is 18.5. The average molecular weight is 410 g/mol. The van der Waals surface area contributed by atoms with Gasteiger partial charge in [-0.15, -0.1) is 0 Å². The number of carbonyl (C=O) groups excluding carboxylic acids is 1. The van der Waals surface area contributed by atoms with Crippen LogP contribution < -0.4 is 5.32 Å². The van der Waals surface area contributed by atoms with Gasteiger partial charge in [0.15, 0.2) is 0 Å². The Labute approximate surface area is 182 Å². The molecule has 1 amide bonds. The van der Waals surface area contributed by atoms with E-state index in [0.29, 0.717) is 17.9 Å². The van der Waals surface area contributed by atoms with Gasteiger partial charge in [-0.2, -0.15) is 0 Å². The first kappa shape index (κ1) is 20.5. The van der Waals surface area contributed by atoms with Crippen LogP contribution in [0.4, 0.5) is 0 Å². The number of nitrogens with zero attached hydrogens (tertiary/aromatic N) is 2. The molecule has 5 rings (SSSR count). The Hall–Kier alpha value is -1.39. The molecule has 1 spiro atoms. The standard InChI is InChI=1S/C26H39N3O/c30-25-26(29(20-27-25)19-21-9-3-1-4-10-21)15-17-28(18-16-26)24-14-8-7-13-23(24)22-11-5-2-6-12-22/h2,5-6,11-12,21,23-24H,1,3-4,7-10,13-20H2,(H,27,30)/t23-,24-/m1/s1. The summed E-state index contributed by atoms with van der Waals surface area (Å²) in [4.78, 5) is 18.3. The van der Waals surface area contributed by atoms with Crippen LogP contribution in [0.1, 0.15) is 82.1 Å². The minimum absolute atomic E-state index is 0.231. The highest BCUT2D eigenvalue weighted by molar-refractivity contribution is 5.88. The summed E-state index contributed by atoms with van der Waals surface area (Å²) >= 11 is 0. The van der Waals surface area contributed by atoms with Crippen LogP contribution in [0.15, 0.2) is 30.3 Å². The van der Waals surface area contributed by atoms with Crippen LogP contribution in [0.5, 0.6) is 0 Å². The minimum atomic E-state index is -0.231. The Balaban J connectivity index is 1.26. The molecular formula is C26H39N3O. The second-order valence-corrected chi connectivity index (χ2v) is 10.3. The second kappa shape index (κ2) is 9.00. The van der Waals surface area contributed by atoms with Crippen molar-refractivity contribution in [3.63, 3.8) is 0 Å². The van der Waals surface area contributed by atoms with Crippen molar-refractivity contribution < 1.29 is 4.79 Å². The van der Waals surface area contributed by atoms with Crippen LogP contribution in [0.3, 0.4) is 0 Å². The number of likely N-dealkylation sites (tertiary alicyclic amines) is 1. The summed E-state index contributed by atoms with van der Waals surface area (Å²) in [5, 5.41) is 3.22. The highest BCUT2D eigenvalue weighted by atomic mass is 16.2. The fourth-order valence-electron chi connectivity index (χ4n) is 6.95. The first-order valence-corrected chi connectivity index (χ1v) is 12.6. The topological polar surface area (TPSA) is 35.6 Å². The van der Waals surface area contributed by atoms with Crippen LogP contribution in [-0.2, 0) is 4.79 Å². The fourth-order valence-corrected chi connectivity index (χ4v) is 6.95. The number of hydrogen-bond donors (Lipinski definition) is 1. The fraction of sp³-hybridized carbons (Fsp3) is 0.731. The Morgan fingerprint density at radius 2 is 1.60 bits per heavy atom. The van der Waals surface area contributed by atoms with Crippen molar-refractivity contribution in [3.8, 4) is 0 Å². The number of amides is 1. The van der Waals surface area contributed by atoms with E-state index in [1.165, 1.54) is 63.4 Å². The van der Waals surface area contributed by atoms with Gasteiger partial charge in [-0.3, -0.25) is 14.6 Å². The molecule has 164 valence electrons. The molecule has 2 aliphatic heterocycles. The van der Waals surface area contributed by atoms with Crippen molar-refractivity contribution in [2.45, 2.75) is 88.1 Å². The molecule has 0 aromatic heterocycles. The van der Waals surface area contributed by atoms with Crippen LogP contribution in [0.2, 0.25) is 0 Å². The number of nitrogens with one attached hydrogen (secondary N) is 1. The summed E-state index contributed by atoms with van der Waals surface area (Å²) in [6.45, 7) is 4.03. The van der Waals surface area contributed by atoms with E-state index in [1.54, 1.807) is 0 Å². The molecule has 4 fully saturated rings. The lowest BCUT2D eigenvalue weighted by molar-refractivity contribution is -0.130. The summed E-state index contributed by atoms with van der Waals surface area (Å²) in [7, 11) is 0. The van der Waals surface area contributed by atoms with Crippen LogP contribution in [0, 0.1) is 5.92 Å². The third kappa shape index (κ3) is 3.93. The van der Waals surface area contributed by atoms with Gasteiger partial charge in [-0.05, 0) is 55.9 Å². The van der Waals surface area contributed by atoms with E-state index in [-0.39, 0.29) is 5.54 Å². The molecule has 2 saturated carbocycles. The molecule has 4 nitrogen and oxygen atoms in total. The maximum atomic E-state index is 13.0. The maximum absolute atomic E-state index is 13.0.